The molecule has 1 N–H and O–H groups in total. The summed E-state index contributed by atoms with van der Waals surface area (Å²) in [6, 6.07) is 12.0. The maximum atomic E-state index is 13.0. The van der Waals surface area contributed by atoms with E-state index in [0.29, 0.717) is 12.1 Å². The zero-order chi connectivity index (χ0) is 24.4. The Morgan fingerprint density at radius 2 is 1.67 bits per heavy atom. The summed E-state index contributed by atoms with van der Waals surface area (Å²) in [5, 5.41) is 14.0. The lowest BCUT2D eigenvalue weighted by molar-refractivity contribution is -0.187. The van der Waals surface area contributed by atoms with E-state index in [-0.39, 0.29) is 24.0 Å². The largest absolute Gasteiger partial charge is 0.478 e. The van der Waals surface area contributed by atoms with E-state index < -0.39 is 29.4 Å². The van der Waals surface area contributed by atoms with Crippen LogP contribution in [0.2, 0.25) is 0 Å². The van der Waals surface area contributed by atoms with E-state index in [9.17, 15) is 23.1 Å². The first-order chi connectivity index (χ1) is 15.4. The molecule has 0 radical (unpaired) electrons. The lowest BCUT2D eigenvalue weighted by atomic mass is 9.85. The molecule has 2 atom stereocenters. The Bertz CT molecular complexity index is 1010. The Kier molecular flexibility index (Phi) is 6.88. The van der Waals surface area contributed by atoms with Gasteiger partial charge in [0.05, 0.1) is 17.9 Å². The predicted octanol–water partition coefficient (Wildman–Crippen LogP) is 6.27. The van der Waals surface area contributed by atoms with Crippen LogP contribution in [0.3, 0.4) is 0 Å². The highest BCUT2D eigenvalue weighted by atomic mass is 19.4. The van der Waals surface area contributed by atoms with Crippen LogP contribution in [0.25, 0.3) is 0 Å². The van der Waals surface area contributed by atoms with Crippen LogP contribution >= 0.6 is 0 Å². The lowest BCUT2D eigenvalue weighted by Crippen LogP contribution is -2.46. The number of halogens is 3. The van der Waals surface area contributed by atoms with Crippen LogP contribution in [-0.4, -0.2) is 22.4 Å². The number of oxime groups is 1. The van der Waals surface area contributed by atoms with Crippen molar-refractivity contribution in [3.8, 4) is 0 Å². The minimum absolute atomic E-state index is 0.0204. The average Bonchev–Trinajstić information content (AvgIpc) is 3.19. The highest BCUT2D eigenvalue weighted by Gasteiger charge is 2.54. The van der Waals surface area contributed by atoms with E-state index in [1.54, 1.807) is 0 Å². The smallest absolute Gasteiger partial charge is 0.416 e. The Balaban J connectivity index is 1.93. The second-order valence-electron chi connectivity index (χ2n) is 9.23. The van der Waals surface area contributed by atoms with E-state index in [2.05, 4.69) is 25.9 Å². The molecule has 5 nitrogen and oxygen atoms in total. The Morgan fingerprint density at radius 3 is 2.12 bits per heavy atom. The van der Waals surface area contributed by atoms with Gasteiger partial charge in [-0.2, -0.15) is 13.2 Å². The fourth-order valence-electron chi connectivity index (χ4n) is 3.70. The molecule has 1 heterocycles. The number of hydrogen-bond acceptors (Lipinski definition) is 4. The van der Waals surface area contributed by atoms with Crippen LogP contribution in [0, 0.1) is 0 Å². The number of nitrogens with zero attached hydrogens (tertiary/aromatic N) is 1. The first-order valence-corrected chi connectivity index (χ1v) is 10.7. The quantitative estimate of drug-likeness (QED) is 0.525. The second kappa shape index (κ2) is 9.17. The maximum absolute atomic E-state index is 13.0. The summed E-state index contributed by atoms with van der Waals surface area (Å²) >= 11 is 0. The number of ether oxygens (including phenoxy) is 1. The van der Waals surface area contributed by atoms with Crippen molar-refractivity contribution < 1.29 is 32.6 Å². The van der Waals surface area contributed by atoms with Crippen molar-refractivity contribution in [1.29, 1.82) is 0 Å². The normalized spacial score (nSPS) is 19.7. The molecule has 2 aromatic carbocycles. The van der Waals surface area contributed by atoms with Gasteiger partial charge in [-0.15, -0.1) is 0 Å². The van der Waals surface area contributed by atoms with Crippen LogP contribution in [0.5, 0.6) is 0 Å². The van der Waals surface area contributed by atoms with Crippen molar-refractivity contribution in [3.05, 3.63) is 70.8 Å². The molecular weight excluding hydrogens is 435 g/mol. The minimum atomic E-state index is -4.50. The molecular formula is C25H28F3NO4. The lowest BCUT2D eigenvalue weighted by Gasteiger charge is -2.32. The van der Waals surface area contributed by atoms with Crippen LogP contribution < -0.4 is 0 Å². The van der Waals surface area contributed by atoms with Gasteiger partial charge in [-0.1, -0.05) is 69.2 Å². The number of hydrogen-bond donors (Lipinski definition) is 1. The first kappa shape index (κ1) is 24.8. The average molecular weight is 463 g/mol. The second-order valence-corrected chi connectivity index (χ2v) is 9.23. The number of carboxylic acids is 1. The number of alkyl halides is 3. The van der Waals surface area contributed by atoms with Gasteiger partial charge in [-0.05, 0) is 40.7 Å². The standard InChI is InChI=1S/C25H28F3NO4/c1-5-20-14-24(22(30)31,33-29-20)21(17-8-12-19(13-9-17)25(26,27)28)32-15-16-6-10-18(11-7-16)23(2,3)4/h6-13,21H,5,14-15H2,1-4H3,(H,30,31). The third-order valence-electron chi connectivity index (χ3n) is 5.78. The van der Waals surface area contributed by atoms with Crippen LogP contribution in [0.1, 0.15) is 68.9 Å². The third-order valence-corrected chi connectivity index (χ3v) is 5.78. The van der Waals surface area contributed by atoms with Gasteiger partial charge in [0.15, 0.2) is 0 Å². The molecule has 2 unspecified atom stereocenters. The van der Waals surface area contributed by atoms with Crippen LogP contribution in [-0.2, 0) is 32.6 Å². The van der Waals surface area contributed by atoms with E-state index in [0.717, 1.165) is 23.3 Å². The highest BCUT2D eigenvalue weighted by Crippen LogP contribution is 2.42. The molecule has 0 fully saturated rings. The van der Waals surface area contributed by atoms with Gasteiger partial charge in [0.2, 0.25) is 0 Å². The fraction of sp³-hybridized carbons (Fsp3) is 0.440. The summed E-state index contributed by atoms with van der Waals surface area (Å²) in [6.07, 6.45) is -5.21. The first-order valence-electron chi connectivity index (χ1n) is 10.7. The van der Waals surface area contributed by atoms with Crippen LogP contribution in [0.4, 0.5) is 13.2 Å². The van der Waals surface area contributed by atoms with Crippen molar-refractivity contribution in [3.63, 3.8) is 0 Å². The summed E-state index contributed by atoms with van der Waals surface area (Å²) in [4.78, 5) is 17.7. The molecule has 0 amide bonds. The zero-order valence-corrected chi connectivity index (χ0v) is 19.1. The molecule has 8 heteroatoms. The summed E-state index contributed by atoms with van der Waals surface area (Å²) in [7, 11) is 0. The molecule has 3 rings (SSSR count). The third kappa shape index (κ3) is 5.38. The van der Waals surface area contributed by atoms with Gasteiger partial charge in [-0.3, -0.25) is 0 Å². The van der Waals surface area contributed by atoms with Crippen LogP contribution in [0.15, 0.2) is 53.7 Å². The van der Waals surface area contributed by atoms with Crippen molar-refractivity contribution in [2.75, 3.05) is 0 Å². The van der Waals surface area contributed by atoms with Crippen molar-refractivity contribution in [2.24, 2.45) is 5.16 Å². The van der Waals surface area contributed by atoms with Gasteiger partial charge in [0.1, 0.15) is 6.10 Å². The predicted molar refractivity (Wildman–Crippen MR) is 118 cm³/mol. The molecule has 178 valence electrons. The monoisotopic (exact) mass is 463 g/mol. The van der Waals surface area contributed by atoms with Gasteiger partial charge in [-0.25, -0.2) is 4.79 Å². The van der Waals surface area contributed by atoms with E-state index in [1.165, 1.54) is 12.1 Å². The molecule has 0 spiro atoms. The molecule has 33 heavy (non-hydrogen) atoms. The molecule has 1 aliphatic heterocycles. The molecule has 0 saturated carbocycles. The minimum Gasteiger partial charge on any atom is -0.478 e. The SMILES string of the molecule is CCC1=NOC(C(=O)O)(C(OCc2ccc(C(C)(C)C)cc2)c2ccc(C(F)(F)F)cc2)C1. The Labute approximate surface area is 191 Å². The Hall–Kier alpha value is -2.87. The van der Waals surface area contributed by atoms with E-state index in [1.807, 2.05) is 31.2 Å². The van der Waals surface area contributed by atoms with Gasteiger partial charge < -0.3 is 14.7 Å². The number of benzene rings is 2. The summed E-state index contributed by atoms with van der Waals surface area (Å²) < 4.78 is 45.2. The summed E-state index contributed by atoms with van der Waals surface area (Å²) in [5.74, 6) is -1.29. The number of carbonyl (C=O) groups is 1. The number of aliphatic carboxylic acids is 1. The summed E-state index contributed by atoms with van der Waals surface area (Å²) in [5.41, 5.74) is 0.0294. The molecule has 0 aromatic heterocycles. The zero-order valence-electron chi connectivity index (χ0n) is 19.1. The van der Waals surface area contributed by atoms with E-state index in [4.69, 9.17) is 9.57 Å². The van der Waals surface area contributed by atoms with Gasteiger partial charge in [0, 0.05) is 6.42 Å². The molecule has 0 aliphatic carbocycles. The van der Waals surface area contributed by atoms with Gasteiger partial charge in [0.25, 0.3) is 5.60 Å². The number of rotatable bonds is 7. The molecule has 0 bridgehead atoms. The topological polar surface area (TPSA) is 68.1 Å². The van der Waals surface area contributed by atoms with Crippen molar-refractivity contribution in [2.45, 2.75) is 70.4 Å². The molecule has 1 aliphatic rings. The molecule has 0 saturated heterocycles. The highest BCUT2D eigenvalue weighted by molar-refractivity contribution is 5.93. The van der Waals surface area contributed by atoms with Crippen molar-refractivity contribution in [1.82, 2.24) is 0 Å². The Morgan fingerprint density at radius 1 is 1.09 bits per heavy atom. The van der Waals surface area contributed by atoms with E-state index >= 15 is 0 Å². The summed E-state index contributed by atoms with van der Waals surface area (Å²) in [6.45, 7) is 8.16. The fourth-order valence-corrected chi connectivity index (χ4v) is 3.70. The maximum Gasteiger partial charge on any atom is 0.416 e. The number of carboxylic acid groups (broad SMARTS) is 1. The van der Waals surface area contributed by atoms with Gasteiger partial charge >= 0.3 is 12.1 Å². The molecule has 2 aromatic rings. The van der Waals surface area contributed by atoms with Crippen molar-refractivity contribution >= 4 is 11.7 Å².